The number of hydrogen-bond acceptors (Lipinski definition) is 4. The zero-order valence-electron chi connectivity index (χ0n) is 10.6. The van der Waals surface area contributed by atoms with Crippen LogP contribution in [0.1, 0.15) is 20.3 Å². The molecule has 1 rings (SSSR count). The molecule has 5 nitrogen and oxygen atoms in total. The van der Waals surface area contributed by atoms with Crippen molar-refractivity contribution in [2.75, 3.05) is 25.1 Å². The van der Waals surface area contributed by atoms with Crippen LogP contribution in [0.4, 0.5) is 0 Å². The lowest BCUT2D eigenvalue weighted by Gasteiger charge is -2.11. The quantitative estimate of drug-likeness (QED) is 0.700. The molecule has 0 aliphatic carbocycles. The third kappa shape index (κ3) is 6.90. The van der Waals surface area contributed by atoms with Crippen LogP contribution >= 0.6 is 11.8 Å². The molecule has 1 aliphatic rings. The van der Waals surface area contributed by atoms with Gasteiger partial charge in [0.1, 0.15) is 0 Å². The Bertz CT molecular complexity index is 366. The van der Waals surface area contributed by atoms with E-state index in [9.17, 15) is 8.42 Å². The van der Waals surface area contributed by atoms with E-state index in [1.54, 1.807) is 11.8 Å². The van der Waals surface area contributed by atoms with Crippen molar-refractivity contribution < 1.29 is 8.42 Å². The number of hydrogen-bond donors (Lipinski definition) is 2. The molecule has 2 N–H and O–H groups in total. The second kappa shape index (κ2) is 6.61. The summed E-state index contributed by atoms with van der Waals surface area (Å²) in [6.45, 7) is 5.26. The van der Waals surface area contributed by atoms with E-state index in [-0.39, 0.29) is 0 Å². The first-order valence-corrected chi connectivity index (χ1v) is 8.63. The summed E-state index contributed by atoms with van der Waals surface area (Å²) >= 11 is 1.71. The molecule has 1 heterocycles. The van der Waals surface area contributed by atoms with E-state index in [1.807, 2.05) is 0 Å². The molecule has 0 bridgehead atoms. The topological polar surface area (TPSA) is 70.6 Å². The minimum absolute atomic E-state index is 0.361. The van der Waals surface area contributed by atoms with Crippen molar-refractivity contribution >= 4 is 27.0 Å². The van der Waals surface area contributed by atoms with E-state index in [2.05, 4.69) is 28.9 Å². The summed E-state index contributed by atoms with van der Waals surface area (Å²) in [4.78, 5) is 4.33. The Morgan fingerprint density at radius 2 is 2.29 bits per heavy atom. The molecule has 7 heteroatoms. The second-order valence-corrected chi connectivity index (χ2v) is 7.48. The second-order valence-electron chi connectivity index (χ2n) is 4.64. The Hall–Kier alpha value is -0.270. The van der Waals surface area contributed by atoms with Gasteiger partial charge in [-0.15, -0.1) is 0 Å². The van der Waals surface area contributed by atoms with Crippen LogP contribution in [0.5, 0.6) is 0 Å². The maximum atomic E-state index is 10.8. The predicted molar refractivity (Wildman–Crippen MR) is 74.0 cm³/mol. The van der Waals surface area contributed by atoms with E-state index in [4.69, 9.17) is 0 Å². The average molecular weight is 279 g/mol. The van der Waals surface area contributed by atoms with E-state index < -0.39 is 10.0 Å². The highest BCUT2D eigenvalue weighted by atomic mass is 32.2. The van der Waals surface area contributed by atoms with Crippen LogP contribution in [0.25, 0.3) is 0 Å². The SMILES string of the molecule is CC(C)CC1CSC(=NCCNS(C)(=O)=O)N1. The molecule has 1 saturated heterocycles. The summed E-state index contributed by atoms with van der Waals surface area (Å²) in [6.07, 6.45) is 2.30. The molecule has 0 spiro atoms. The predicted octanol–water partition coefficient (Wildman–Crippen LogP) is 0.643. The molecule has 0 amide bonds. The number of aliphatic imine (C=N–C) groups is 1. The molecule has 0 aromatic heterocycles. The average Bonchev–Trinajstić information content (AvgIpc) is 2.58. The van der Waals surface area contributed by atoms with Gasteiger partial charge in [0, 0.05) is 18.3 Å². The fourth-order valence-corrected chi connectivity index (χ4v) is 3.09. The van der Waals surface area contributed by atoms with Gasteiger partial charge in [-0.05, 0) is 12.3 Å². The van der Waals surface area contributed by atoms with Crippen molar-refractivity contribution in [1.82, 2.24) is 10.0 Å². The van der Waals surface area contributed by atoms with Crippen LogP contribution in [0, 0.1) is 5.92 Å². The molecular weight excluding hydrogens is 258 g/mol. The summed E-state index contributed by atoms with van der Waals surface area (Å²) < 4.78 is 24.1. The first-order chi connectivity index (χ1) is 7.87. The van der Waals surface area contributed by atoms with Gasteiger partial charge in [0.2, 0.25) is 10.0 Å². The summed E-state index contributed by atoms with van der Waals surface area (Å²) in [6, 6.07) is 0.501. The Morgan fingerprint density at radius 1 is 1.59 bits per heavy atom. The van der Waals surface area contributed by atoms with Crippen molar-refractivity contribution in [1.29, 1.82) is 0 Å². The standard InChI is InChI=1S/C10H21N3O2S2/c1-8(2)6-9-7-16-10(13-9)11-4-5-12-17(3,14)15/h8-9,12H,4-7H2,1-3H3,(H,11,13). The van der Waals surface area contributed by atoms with Gasteiger partial charge in [-0.2, -0.15) is 0 Å². The smallest absolute Gasteiger partial charge is 0.208 e. The van der Waals surface area contributed by atoms with Crippen molar-refractivity contribution in [3.8, 4) is 0 Å². The maximum absolute atomic E-state index is 10.8. The fourth-order valence-electron chi connectivity index (χ4n) is 1.61. The number of rotatable bonds is 6. The monoisotopic (exact) mass is 279 g/mol. The lowest BCUT2D eigenvalue weighted by molar-refractivity contribution is 0.502. The van der Waals surface area contributed by atoms with Gasteiger partial charge in [0.15, 0.2) is 5.17 Å². The van der Waals surface area contributed by atoms with Gasteiger partial charge < -0.3 is 5.32 Å². The summed E-state index contributed by atoms with van der Waals surface area (Å²) in [5, 5.41) is 4.29. The normalized spacial score (nSPS) is 23.3. The van der Waals surface area contributed by atoms with E-state index in [0.29, 0.717) is 25.0 Å². The number of sulfonamides is 1. The first-order valence-electron chi connectivity index (χ1n) is 5.75. The molecular formula is C10H21N3O2S2. The number of nitrogens with zero attached hydrogens (tertiary/aromatic N) is 1. The molecule has 0 aromatic rings. The zero-order valence-corrected chi connectivity index (χ0v) is 12.2. The summed E-state index contributed by atoms with van der Waals surface area (Å²) in [7, 11) is -3.09. The Labute approximate surface area is 108 Å². The summed E-state index contributed by atoms with van der Waals surface area (Å²) in [5.74, 6) is 1.73. The molecule has 1 atom stereocenters. The minimum atomic E-state index is -3.09. The Kier molecular flexibility index (Phi) is 5.75. The van der Waals surface area contributed by atoms with Crippen LogP contribution in [0.3, 0.4) is 0 Å². The number of thioether (sulfide) groups is 1. The van der Waals surface area contributed by atoms with E-state index >= 15 is 0 Å². The van der Waals surface area contributed by atoms with Gasteiger partial charge in [0.05, 0.1) is 12.8 Å². The van der Waals surface area contributed by atoms with E-state index in [0.717, 1.165) is 23.6 Å². The molecule has 17 heavy (non-hydrogen) atoms. The third-order valence-electron chi connectivity index (χ3n) is 2.24. The number of nitrogens with one attached hydrogen (secondary N) is 2. The Balaban J connectivity index is 2.24. The van der Waals surface area contributed by atoms with Gasteiger partial charge in [-0.3, -0.25) is 4.99 Å². The molecule has 0 radical (unpaired) electrons. The molecule has 1 unspecified atom stereocenters. The van der Waals surface area contributed by atoms with Crippen LogP contribution in [-0.2, 0) is 10.0 Å². The highest BCUT2D eigenvalue weighted by Gasteiger charge is 2.20. The van der Waals surface area contributed by atoms with Crippen LogP contribution in [0.2, 0.25) is 0 Å². The van der Waals surface area contributed by atoms with Crippen molar-refractivity contribution in [3.63, 3.8) is 0 Å². The lowest BCUT2D eigenvalue weighted by atomic mass is 10.1. The molecule has 0 saturated carbocycles. The largest absolute Gasteiger partial charge is 0.361 e. The highest BCUT2D eigenvalue weighted by Crippen LogP contribution is 2.18. The van der Waals surface area contributed by atoms with Crippen molar-refractivity contribution in [2.24, 2.45) is 10.9 Å². The van der Waals surface area contributed by atoms with Gasteiger partial charge in [0.25, 0.3) is 0 Å². The maximum Gasteiger partial charge on any atom is 0.208 e. The van der Waals surface area contributed by atoms with Crippen molar-refractivity contribution in [2.45, 2.75) is 26.3 Å². The van der Waals surface area contributed by atoms with Crippen molar-refractivity contribution in [3.05, 3.63) is 0 Å². The molecule has 0 aromatic carbocycles. The minimum Gasteiger partial charge on any atom is -0.361 e. The lowest BCUT2D eigenvalue weighted by Crippen LogP contribution is -2.29. The third-order valence-corrected chi connectivity index (χ3v) is 4.05. The fraction of sp³-hybridized carbons (Fsp3) is 0.900. The first kappa shape index (κ1) is 14.8. The van der Waals surface area contributed by atoms with Crippen LogP contribution in [0.15, 0.2) is 4.99 Å². The molecule has 1 aliphatic heterocycles. The van der Waals surface area contributed by atoms with E-state index in [1.165, 1.54) is 0 Å². The van der Waals surface area contributed by atoms with Gasteiger partial charge >= 0.3 is 0 Å². The molecule has 100 valence electrons. The van der Waals surface area contributed by atoms with Gasteiger partial charge in [-0.1, -0.05) is 25.6 Å². The number of amidine groups is 1. The van der Waals surface area contributed by atoms with Crippen LogP contribution in [-0.4, -0.2) is 44.7 Å². The summed E-state index contributed by atoms with van der Waals surface area (Å²) in [5.41, 5.74) is 0. The zero-order chi connectivity index (χ0) is 12.9. The van der Waals surface area contributed by atoms with Gasteiger partial charge in [-0.25, -0.2) is 13.1 Å². The van der Waals surface area contributed by atoms with Crippen LogP contribution < -0.4 is 10.0 Å². The highest BCUT2D eigenvalue weighted by molar-refractivity contribution is 8.14. The Morgan fingerprint density at radius 3 is 2.88 bits per heavy atom. The molecule has 1 fully saturated rings.